The Balaban J connectivity index is 1.66. The van der Waals surface area contributed by atoms with Crippen molar-refractivity contribution in [3.8, 4) is 23.3 Å². The van der Waals surface area contributed by atoms with Crippen LogP contribution in [0, 0.1) is 23.5 Å². The van der Waals surface area contributed by atoms with Crippen molar-refractivity contribution in [1.82, 2.24) is 14.5 Å². The predicted molar refractivity (Wildman–Crippen MR) is 143 cm³/mol. The summed E-state index contributed by atoms with van der Waals surface area (Å²) in [4.78, 5) is 32.2. The Hall–Kier alpha value is -5.18. The second-order valence-corrected chi connectivity index (χ2v) is 9.20. The lowest BCUT2D eigenvalue weighted by atomic mass is 10.0. The summed E-state index contributed by atoms with van der Waals surface area (Å²) >= 11 is 0. The highest BCUT2D eigenvalue weighted by atomic mass is 19.1. The number of pyridine rings is 1. The number of carboxylic acids is 1. The molecule has 1 aliphatic carbocycles. The molecule has 40 heavy (non-hydrogen) atoms. The van der Waals surface area contributed by atoms with Crippen molar-refractivity contribution in [2.24, 2.45) is 0 Å². The molecule has 5 rings (SSSR count). The number of rotatable bonds is 6. The number of ether oxygens (including phenoxy) is 2. The molecule has 0 aliphatic heterocycles. The Morgan fingerprint density at radius 1 is 1.18 bits per heavy atom. The molecule has 1 aliphatic rings. The Morgan fingerprint density at radius 3 is 2.55 bits per heavy atom. The molecule has 2 heterocycles. The number of halogens is 2. The van der Waals surface area contributed by atoms with Crippen molar-refractivity contribution < 1.29 is 28.2 Å². The number of nitrogens with zero attached hydrogens (tertiary/aromatic N) is 3. The molecule has 2 aromatic heterocycles. The summed E-state index contributed by atoms with van der Waals surface area (Å²) in [6, 6.07) is 3.98. The van der Waals surface area contributed by atoms with Crippen LogP contribution >= 0.6 is 0 Å². The SMILES string of the molecule is COc1cc(Cc2cnc(N)nc2N)cc(C#Cc2c(F)cc3c(=O)c(C(=O)O)cn(C4CC4)c3c2F)c1OC. The topological polar surface area (TPSA) is 156 Å². The summed E-state index contributed by atoms with van der Waals surface area (Å²) in [6.45, 7) is 0. The van der Waals surface area contributed by atoms with E-state index in [1.54, 1.807) is 12.1 Å². The van der Waals surface area contributed by atoms with E-state index in [0.717, 1.165) is 12.3 Å². The molecule has 1 saturated carbocycles. The van der Waals surface area contributed by atoms with Crippen molar-refractivity contribution >= 4 is 28.6 Å². The minimum atomic E-state index is -1.47. The third-order valence-corrected chi connectivity index (χ3v) is 6.55. The van der Waals surface area contributed by atoms with Crippen LogP contribution in [0.4, 0.5) is 20.5 Å². The largest absolute Gasteiger partial charge is 0.493 e. The third kappa shape index (κ3) is 4.73. The number of carboxylic acid groups (broad SMARTS) is 1. The maximum Gasteiger partial charge on any atom is 0.341 e. The molecular weight excluding hydrogens is 524 g/mol. The van der Waals surface area contributed by atoms with Gasteiger partial charge in [0.2, 0.25) is 11.4 Å². The third-order valence-electron chi connectivity index (χ3n) is 6.55. The van der Waals surface area contributed by atoms with Crippen LogP contribution in [0.5, 0.6) is 11.5 Å². The van der Waals surface area contributed by atoms with Crippen LogP contribution in [0.25, 0.3) is 10.9 Å². The van der Waals surface area contributed by atoms with Crippen LogP contribution in [-0.2, 0) is 6.42 Å². The highest BCUT2D eigenvalue weighted by molar-refractivity contribution is 5.93. The van der Waals surface area contributed by atoms with Crippen molar-refractivity contribution in [2.45, 2.75) is 25.3 Å². The van der Waals surface area contributed by atoms with E-state index in [0.29, 0.717) is 29.7 Å². The van der Waals surface area contributed by atoms with Gasteiger partial charge in [-0.1, -0.05) is 11.8 Å². The fourth-order valence-electron chi connectivity index (χ4n) is 4.49. The van der Waals surface area contributed by atoms with Gasteiger partial charge in [0, 0.05) is 30.4 Å². The second-order valence-electron chi connectivity index (χ2n) is 9.20. The smallest absolute Gasteiger partial charge is 0.341 e. The number of nitrogens with two attached hydrogens (primary N) is 2. The molecule has 0 saturated heterocycles. The molecule has 0 amide bonds. The first-order valence-corrected chi connectivity index (χ1v) is 12.1. The lowest BCUT2D eigenvalue weighted by Crippen LogP contribution is -2.20. The number of fused-ring (bicyclic) bond motifs is 1. The first kappa shape index (κ1) is 26.4. The average molecular weight is 548 g/mol. The highest BCUT2D eigenvalue weighted by Crippen LogP contribution is 2.38. The van der Waals surface area contributed by atoms with Crippen LogP contribution in [0.15, 0.2) is 35.4 Å². The molecular formula is C28H23F2N5O5. The number of methoxy groups -OCH3 is 2. The number of aromatic nitrogens is 3. The Bertz CT molecular complexity index is 1820. The fourth-order valence-corrected chi connectivity index (χ4v) is 4.49. The number of carbonyl (C=O) groups is 1. The van der Waals surface area contributed by atoms with Crippen LogP contribution in [0.3, 0.4) is 0 Å². The van der Waals surface area contributed by atoms with Gasteiger partial charge in [0.1, 0.15) is 17.2 Å². The van der Waals surface area contributed by atoms with Crippen LogP contribution in [0.2, 0.25) is 0 Å². The highest BCUT2D eigenvalue weighted by Gasteiger charge is 2.29. The van der Waals surface area contributed by atoms with Gasteiger partial charge in [0.25, 0.3) is 0 Å². The van der Waals surface area contributed by atoms with E-state index in [1.807, 2.05) is 0 Å². The van der Waals surface area contributed by atoms with E-state index in [2.05, 4.69) is 21.8 Å². The molecule has 0 radical (unpaired) electrons. The Labute approximate surface area is 226 Å². The number of aromatic carboxylic acids is 1. The molecule has 5 N–H and O–H groups in total. The minimum absolute atomic E-state index is 0.0332. The van der Waals surface area contributed by atoms with Crippen molar-refractivity contribution in [2.75, 3.05) is 25.7 Å². The summed E-state index contributed by atoms with van der Waals surface area (Å²) in [7, 11) is 2.84. The van der Waals surface area contributed by atoms with Gasteiger partial charge in [0.15, 0.2) is 17.3 Å². The standard InChI is InChI=1S/C28H23F2N5O5/c1-39-21-9-13(8-15-11-33-28(32)34-26(15)31)7-14(25(21)40-2)3-6-17-20(29)10-18-23(22(17)30)35(16-4-5-16)12-19(24(18)36)27(37)38/h7,9-12,16H,4-5,8H2,1-2H3,(H,37,38)(H4,31,32,33,34). The Kier molecular flexibility index (Phi) is 6.73. The van der Waals surface area contributed by atoms with Crippen molar-refractivity contribution in [3.05, 3.63) is 80.3 Å². The number of hydrogen-bond donors (Lipinski definition) is 3. The van der Waals surface area contributed by atoms with Gasteiger partial charge in [-0.2, -0.15) is 4.98 Å². The molecule has 0 unspecified atom stereocenters. The van der Waals surface area contributed by atoms with Gasteiger partial charge in [-0.25, -0.2) is 18.6 Å². The molecule has 1 fully saturated rings. The maximum absolute atomic E-state index is 15.8. The van der Waals surface area contributed by atoms with Gasteiger partial charge >= 0.3 is 5.97 Å². The van der Waals surface area contributed by atoms with E-state index >= 15 is 8.78 Å². The van der Waals surface area contributed by atoms with Gasteiger partial charge in [0.05, 0.1) is 36.2 Å². The van der Waals surface area contributed by atoms with E-state index in [9.17, 15) is 14.7 Å². The lowest BCUT2D eigenvalue weighted by Gasteiger charge is -2.14. The summed E-state index contributed by atoms with van der Waals surface area (Å²) in [5, 5.41) is 9.06. The number of nitrogen functional groups attached to an aromatic ring is 2. The van der Waals surface area contributed by atoms with Crippen LogP contribution in [-0.4, -0.2) is 39.8 Å². The van der Waals surface area contributed by atoms with E-state index in [1.165, 1.54) is 25.0 Å². The average Bonchev–Trinajstić information content (AvgIpc) is 3.75. The molecule has 4 aromatic rings. The summed E-state index contributed by atoms with van der Waals surface area (Å²) < 4.78 is 43.3. The van der Waals surface area contributed by atoms with Crippen LogP contribution in [0.1, 0.15) is 51.5 Å². The van der Waals surface area contributed by atoms with Gasteiger partial charge < -0.3 is 30.6 Å². The number of anilines is 2. The molecule has 2 aromatic carbocycles. The number of benzene rings is 2. The van der Waals surface area contributed by atoms with E-state index in [-0.39, 0.29) is 46.4 Å². The van der Waals surface area contributed by atoms with Crippen molar-refractivity contribution in [1.29, 1.82) is 0 Å². The summed E-state index contributed by atoms with van der Waals surface area (Å²) in [5.41, 5.74) is 10.8. The summed E-state index contributed by atoms with van der Waals surface area (Å²) in [6.07, 6.45) is 4.21. The molecule has 204 valence electrons. The van der Waals surface area contributed by atoms with Gasteiger partial charge in [-0.3, -0.25) is 4.79 Å². The zero-order valence-corrected chi connectivity index (χ0v) is 21.4. The Morgan fingerprint density at radius 2 is 1.93 bits per heavy atom. The zero-order valence-electron chi connectivity index (χ0n) is 21.4. The molecule has 10 nitrogen and oxygen atoms in total. The molecule has 0 atom stereocenters. The van der Waals surface area contributed by atoms with Gasteiger partial charge in [-0.15, -0.1) is 0 Å². The van der Waals surface area contributed by atoms with Gasteiger partial charge in [-0.05, 0) is 36.6 Å². The van der Waals surface area contributed by atoms with Crippen molar-refractivity contribution in [3.63, 3.8) is 0 Å². The quantitative estimate of drug-likeness (QED) is 0.308. The second kappa shape index (κ2) is 10.2. The monoisotopic (exact) mass is 547 g/mol. The zero-order chi connectivity index (χ0) is 28.7. The molecule has 0 bridgehead atoms. The summed E-state index contributed by atoms with van der Waals surface area (Å²) in [5.74, 6) is 2.45. The number of hydrogen-bond acceptors (Lipinski definition) is 8. The normalized spacial score (nSPS) is 12.6. The molecule has 12 heteroatoms. The minimum Gasteiger partial charge on any atom is -0.493 e. The first-order valence-electron chi connectivity index (χ1n) is 12.1. The maximum atomic E-state index is 15.8. The molecule has 0 spiro atoms. The van der Waals surface area contributed by atoms with E-state index in [4.69, 9.17) is 20.9 Å². The van der Waals surface area contributed by atoms with E-state index < -0.39 is 34.2 Å². The van der Waals surface area contributed by atoms with Crippen LogP contribution < -0.4 is 26.4 Å². The fraction of sp³-hybridized carbons (Fsp3) is 0.214. The predicted octanol–water partition coefficient (Wildman–Crippen LogP) is 3.28. The lowest BCUT2D eigenvalue weighted by molar-refractivity contribution is 0.0694. The first-order chi connectivity index (χ1) is 19.1.